The van der Waals surface area contributed by atoms with Gasteiger partial charge in [-0.2, -0.15) is 13.2 Å². The summed E-state index contributed by atoms with van der Waals surface area (Å²) in [6, 6.07) is 8.74. The van der Waals surface area contributed by atoms with E-state index in [1.165, 1.54) is 12.1 Å². The molecule has 0 saturated heterocycles. The van der Waals surface area contributed by atoms with Crippen molar-refractivity contribution >= 4 is 28.4 Å². The van der Waals surface area contributed by atoms with E-state index in [1.807, 2.05) is 13.8 Å². The lowest BCUT2D eigenvalue weighted by Gasteiger charge is -2.10. The Morgan fingerprint density at radius 2 is 1.38 bits per heavy atom. The molecule has 134 valence electrons. The molecule has 0 bridgehead atoms. The highest BCUT2D eigenvalue weighted by Gasteiger charge is 2.29. The fraction of sp³-hybridized carbons (Fsp3) is 0.167. The lowest BCUT2D eigenvalue weighted by molar-refractivity contribution is -0.137. The molecule has 1 aromatic heterocycles. The molecule has 0 aliphatic carbocycles. The lowest BCUT2D eigenvalue weighted by atomic mass is 10.2. The van der Waals surface area contributed by atoms with Crippen molar-refractivity contribution in [2.24, 2.45) is 0 Å². The molecule has 0 aliphatic heterocycles. The molecule has 0 saturated carbocycles. The minimum Gasteiger partial charge on any atom is -0.308 e. The van der Waals surface area contributed by atoms with Gasteiger partial charge >= 0.3 is 12.2 Å². The van der Waals surface area contributed by atoms with Crippen LogP contribution >= 0.6 is 0 Å². The van der Waals surface area contributed by atoms with E-state index in [2.05, 4.69) is 20.6 Å². The molecule has 0 fully saturated rings. The van der Waals surface area contributed by atoms with Crippen LogP contribution < -0.4 is 10.6 Å². The second kappa shape index (κ2) is 6.62. The zero-order chi connectivity index (χ0) is 18.9. The molecule has 2 aromatic carbocycles. The standard InChI is InChI=1S/C18H15F3N4O/c1-10-11(2)23-16-9-14(7-8-15(16)22-10)25-17(26)24-13-5-3-12(4-6-13)18(19,20)21/h3-9H,1-2H3,(H2,24,25,26). The van der Waals surface area contributed by atoms with Gasteiger partial charge in [0.15, 0.2) is 0 Å². The zero-order valence-electron chi connectivity index (χ0n) is 14.0. The van der Waals surface area contributed by atoms with Crippen molar-refractivity contribution in [3.05, 3.63) is 59.4 Å². The number of halogens is 3. The van der Waals surface area contributed by atoms with Crippen LogP contribution in [-0.4, -0.2) is 16.0 Å². The third kappa shape index (κ3) is 3.90. The number of nitrogens with one attached hydrogen (secondary N) is 2. The van der Waals surface area contributed by atoms with Crippen molar-refractivity contribution < 1.29 is 18.0 Å². The number of benzene rings is 2. The van der Waals surface area contributed by atoms with Crippen LogP contribution in [0.25, 0.3) is 11.0 Å². The largest absolute Gasteiger partial charge is 0.416 e. The third-order valence-electron chi connectivity index (χ3n) is 3.80. The van der Waals surface area contributed by atoms with E-state index in [4.69, 9.17) is 0 Å². The molecule has 26 heavy (non-hydrogen) atoms. The van der Waals surface area contributed by atoms with E-state index in [0.29, 0.717) is 16.7 Å². The maximum atomic E-state index is 12.5. The van der Waals surface area contributed by atoms with Crippen LogP contribution in [0.5, 0.6) is 0 Å². The van der Waals surface area contributed by atoms with E-state index in [9.17, 15) is 18.0 Å². The number of hydrogen-bond acceptors (Lipinski definition) is 3. The van der Waals surface area contributed by atoms with Crippen molar-refractivity contribution in [1.82, 2.24) is 9.97 Å². The van der Waals surface area contributed by atoms with Gasteiger partial charge in [-0.1, -0.05) is 0 Å². The number of carbonyl (C=O) groups is 1. The van der Waals surface area contributed by atoms with E-state index < -0.39 is 17.8 Å². The van der Waals surface area contributed by atoms with E-state index in [1.54, 1.807) is 18.2 Å². The average Bonchev–Trinajstić information content (AvgIpc) is 2.56. The maximum absolute atomic E-state index is 12.5. The average molecular weight is 360 g/mol. The van der Waals surface area contributed by atoms with E-state index >= 15 is 0 Å². The number of alkyl halides is 3. The van der Waals surface area contributed by atoms with Gasteiger partial charge < -0.3 is 10.6 Å². The predicted molar refractivity (Wildman–Crippen MR) is 93.1 cm³/mol. The van der Waals surface area contributed by atoms with Gasteiger partial charge in [0.1, 0.15) is 0 Å². The molecule has 5 nitrogen and oxygen atoms in total. The van der Waals surface area contributed by atoms with Gasteiger partial charge in [0.2, 0.25) is 0 Å². The normalized spacial score (nSPS) is 11.4. The molecule has 0 radical (unpaired) electrons. The van der Waals surface area contributed by atoms with Gasteiger partial charge in [-0.3, -0.25) is 0 Å². The summed E-state index contributed by atoms with van der Waals surface area (Å²) in [7, 11) is 0. The van der Waals surface area contributed by atoms with E-state index in [-0.39, 0.29) is 5.69 Å². The van der Waals surface area contributed by atoms with Crippen LogP contribution in [0.3, 0.4) is 0 Å². The Kier molecular flexibility index (Phi) is 4.50. The molecule has 0 spiro atoms. The summed E-state index contributed by atoms with van der Waals surface area (Å²) >= 11 is 0. The van der Waals surface area contributed by atoms with Crippen LogP contribution in [0.2, 0.25) is 0 Å². The second-order valence-electron chi connectivity index (χ2n) is 5.75. The number of anilines is 2. The lowest BCUT2D eigenvalue weighted by Crippen LogP contribution is -2.19. The van der Waals surface area contributed by atoms with Crippen molar-refractivity contribution in [2.45, 2.75) is 20.0 Å². The van der Waals surface area contributed by atoms with Gasteiger partial charge in [-0.05, 0) is 56.3 Å². The highest BCUT2D eigenvalue weighted by molar-refractivity contribution is 6.00. The highest BCUT2D eigenvalue weighted by atomic mass is 19.4. The summed E-state index contributed by atoms with van der Waals surface area (Å²) in [6.07, 6.45) is -4.41. The maximum Gasteiger partial charge on any atom is 0.416 e. The summed E-state index contributed by atoms with van der Waals surface area (Å²) in [4.78, 5) is 20.9. The van der Waals surface area contributed by atoms with Crippen LogP contribution in [0.4, 0.5) is 29.3 Å². The number of nitrogens with zero attached hydrogens (tertiary/aromatic N) is 2. The van der Waals surface area contributed by atoms with Gasteiger partial charge in [-0.15, -0.1) is 0 Å². The first kappa shape index (κ1) is 17.7. The van der Waals surface area contributed by atoms with Gasteiger partial charge in [0.25, 0.3) is 0 Å². The van der Waals surface area contributed by atoms with Gasteiger partial charge in [0, 0.05) is 11.4 Å². The monoisotopic (exact) mass is 360 g/mol. The Morgan fingerprint density at radius 1 is 0.846 bits per heavy atom. The fourth-order valence-corrected chi connectivity index (χ4v) is 2.34. The second-order valence-corrected chi connectivity index (χ2v) is 5.75. The number of aromatic nitrogens is 2. The highest BCUT2D eigenvalue weighted by Crippen LogP contribution is 2.29. The molecule has 0 atom stereocenters. The summed E-state index contributed by atoms with van der Waals surface area (Å²) in [5, 5.41) is 5.11. The molecule has 0 aliphatic rings. The minimum absolute atomic E-state index is 0.252. The van der Waals surface area contributed by atoms with Crippen LogP contribution in [0.1, 0.15) is 17.0 Å². The predicted octanol–water partition coefficient (Wildman–Crippen LogP) is 4.91. The summed E-state index contributed by atoms with van der Waals surface area (Å²) < 4.78 is 37.6. The van der Waals surface area contributed by atoms with Gasteiger partial charge in [-0.25, -0.2) is 14.8 Å². The smallest absolute Gasteiger partial charge is 0.308 e. The molecule has 2 amide bonds. The fourth-order valence-electron chi connectivity index (χ4n) is 2.34. The van der Waals surface area contributed by atoms with Crippen molar-refractivity contribution in [1.29, 1.82) is 0 Å². The number of rotatable bonds is 2. The third-order valence-corrected chi connectivity index (χ3v) is 3.80. The Balaban J connectivity index is 1.71. The van der Waals surface area contributed by atoms with E-state index in [0.717, 1.165) is 23.5 Å². The quantitative estimate of drug-likeness (QED) is 0.682. The van der Waals surface area contributed by atoms with Crippen molar-refractivity contribution in [3.63, 3.8) is 0 Å². The Labute approximate surface area is 147 Å². The Hall–Kier alpha value is -3.16. The number of urea groups is 1. The molecular formula is C18H15F3N4O. The molecule has 0 unspecified atom stereocenters. The minimum atomic E-state index is -4.41. The van der Waals surface area contributed by atoms with Crippen LogP contribution in [-0.2, 0) is 6.18 Å². The molecule has 3 rings (SSSR count). The van der Waals surface area contributed by atoms with Crippen molar-refractivity contribution in [3.8, 4) is 0 Å². The SMILES string of the molecule is Cc1nc2ccc(NC(=O)Nc3ccc(C(F)(F)F)cc3)cc2nc1C. The summed E-state index contributed by atoms with van der Waals surface area (Å²) in [5.74, 6) is 0. The number of aryl methyl sites for hydroxylation is 2. The van der Waals surface area contributed by atoms with Crippen molar-refractivity contribution in [2.75, 3.05) is 10.6 Å². The Morgan fingerprint density at radius 3 is 2.00 bits per heavy atom. The summed E-state index contributed by atoms with van der Waals surface area (Å²) in [5.41, 5.74) is 2.95. The molecule has 2 N–H and O–H groups in total. The number of fused-ring (bicyclic) bond motifs is 1. The molecule has 8 heteroatoms. The number of carbonyl (C=O) groups excluding carboxylic acids is 1. The number of hydrogen-bond donors (Lipinski definition) is 2. The van der Waals surface area contributed by atoms with Crippen LogP contribution in [0.15, 0.2) is 42.5 Å². The molecule has 3 aromatic rings. The summed E-state index contributed by atoms with van der Waals surface area (Å²) in [6.45, 7) is 3.71. The zero-order valence-corrected chi connectivity index (χ0v) is 14.0. The molecule has 1 heterocycles. The number of amides is 2. The first-order valence-electron chi connectivity index (χ1n) is 7.72. The van der Waals surface area contributed by atoms with Crippen LogP contribution in [0, 0.1) is 13.8 Å². The topological polar surface area (TPSA) is 66.9 Å². The first-order chi connectivity index (χ1) is 12.2. The molecular weight excluding hydrogens is 345 g/mol. The first-order valence-corrected chi connectivity index (χ1v) is 7.72. The Bertz CT molecular complexity index is 969. The van der Waals surface area contributed by atoms with Gasteiger partial charge in [0.05, 0.1) is 28.0 Å².